The van der Waals surface area contributed by atoms with Gasteiger partial charge in [0.15, 0.2) is 11.0 Å². The van der Waals surface area contributed by atoms with Crippen molar-refractivity contribution >= 4 is 45.1 Å². The Balaban J connectivity index is 1.35. The van der Waals surface area contributed by atoms with Crippen molar-refractivity contribution < 1.29 is 27.3 Å². The lowest BCUT2D eigenvalue weighted by Crippen LogP contribution is -2.32. The number of fused-ring (bicyclic) bond motifs is 1. The number of hydrogen-bond donors (Lipinski definition) is 5. The number of furan rings is 1. The number of halogens is 2. The standard InChI is InChI=1S/C24H25Cl2N5O6S/c25-14-2-1-12-3-4-28-21(16(12)6-14)17-8-20(37-23(17)26)22(33)18-10-27-11-29-24(18)31-15-5-13(19(32)7-15)9-30-38(34,35)36/h1-2,6,8,10-11,13,15,19,21,28,30,32H,3-5,7,9H2,(H,27,29,31)(H,34,35,36)/t13-,15-,19+,21+/m1/s1. The molecule has 38 heavy (non-hydrogen) atoms. The molecular formula is C24H25Cl2N5O6S. The summed E-state index contributed by atoms with van der Waals surface area (Å²) in [6.45, 7) is 0.601. The number of aliphatic hydroxyl groups is 1. The smallest absolute Gasteiger partial charge is 0.333 e. The van der Waals surface area contributed by atoms with Crippen LogP contribution in [0.3, 0.4) is 0 Å². The molecule has 0 spiro atoms. The van der Waals surface area contributed by atoms with E-state index in [1.165, 1.54) is 12.5 Å². The van der Waals surface area contributed by atoms with E-state index >= 15 is 0 Å². The highest BCUT2D eigenvalue weighted by Gasteiger charge is 2.35. The molecule has 0 unspecified atom stereocenters. The quantitative estimate of drug-likeness (QED) is 0.197. The zero-order chi connectivity index (χ0) is 27.0. The van der Waals surface area contributed by atoms with Crippen molar-refractivity contribution in [1.82, 2.24) is 20.0 Å². The third kappa shape index (κ3) is 5.86. The predicted molar refractivity (Wildman–Crippen MR) is 140 cm³/mol. The highest BCUT2D eigenvalue weighted by molar-refractivity contribution is 7.83. The fourth-order valence-corrected chi connectivity index (χ4v) is 5.93. The van der Waals surface area contributed by atoms with Gasteiger partial charge in [-0.15, -0.1) is 0 Å². The van der Waals surface area contributed by atoms with Gasteiger partial charge in [0.2, 0.25) is 5.78 Å². The van der Waals surface area contributed by atoms with Crippen molar-refractivity contribution in [2.45, 2.75) is 37.5 Å². The van der Waals surface area contributed by atoms with Crippen molar-refractivity contribution in [3.8, 4) is 0 Å². The second-order valence-corrected chi connectivity index (χ2v) is 11.4. The Labute approximate surface area is 228 Å². The summed E-state index contributed by atoms with van der Waals surface area (Å²) in [5.74, 6) is -0.652. The lowest BCUT2D eigenvalue weighted by atomic mass is 9.91. The number of nitrogens with zero attached hydrogens (tertiary/aromatic N) is 2. The second kappa shape index (κ2) is 10.9. The van der Waals surface area contributed by atoms with E-state index in [1.807, 2.05) is 22.9 Å². The zero-order valence-corrected chi connectivity index (χ0v) is 22.2. The van der Waals surface area contributed by atoms with Crippen molar-refractivity contribution in [3.05, 3.63) is 75.0 Å². The van der Waals surface area contributed by atoms with E-state index in [0.29, 0.717) is 23.4 Å². The zero-order valence-electron chi connectivity index (χ0n) is 19.9. The van der Waals surface area contributed by atoms with Crippen LogP contribution in [0.4, 0.5) is 5.82 Å². The molecular weight excluding hydrogens is 557 g/mol. The number of benzene rings is 1. The van der Waals surface area contributed by atoms with Crippen LogP contribution in [0.25, 0.3) is 0 Å². The van der Waals surface area contributed by atoms with Gasteiger partial charge in [-0.3, -0.25) is 9.35 Å². The molecule has 5 rings (SSSR count). The van der Waals surface area contributed by atoms with E-state index < -0.39 is 28.1 Å². The van der Waals surface area contributed by atoms with Crippen molar-refractivity contribution in [2.75, 3.05) is 18.4 Å². The molecule has 0 amide bonds. The van der Waals surface area contributed by atoms with Crippen LogP contribution in [-0.4, -0.2) is 59.1 Å². The molecule has 1 aliphatic heterocycles. The van der Waals surface area contributed by atoms with Gasteiger partial charge < -0.3 is 20.2 Å². The van der Waals surface area contributed by atoms with Crippen LogP contribution in [0, 0.1) is 5.92 Å². The summed E-state index contributed by atoms with van der Waals surface area (Å²) in [5.41, 5.74) is 2.86. The number of anilines is 1. The molecule has 5 N–H and O–H groups in total. The van der Waals surface area contributed by atoms with Crippen LogP contribution in [0.1, 0.15) is 51.7 Å². The van der Waals surface area contributed by atoms with Gasteiger partial charge in [0.25, 0.3) is 0 Å². The number of aromatic nitrogens is 2. The molecule has 0 bridgehead atoms. The number of nitrogens with one attached hydrogen (secondary N) is 3. The van der Waals surface area contributed by atoms with Crippen molar-refractivity contribution in [1.29, 1.82) is 0 Å². The lowest BCUT2D eigenvalue weighted by molar-refractivity contribution is 0.101. The Morgan fingerprint density at radius 3 is 2.82 bits per heavy atom. The largest absolute Gasteiger partial charge is 0.441 e. The maximum absolute atomic E-state index is 13.5. The Bertz CT molecular complexity index is 1470. The average Bonchev–Trinajstić information content (AvgIpc) is 3.43. The van der Waals surface area contributed by atoms with E-state index in [-0.39, 0.29) is 41.0 Å². The number of aliphatic hydroxyl groups excluding tert-OH is 1. The monoisotopic (exact) mass is 581 g/mol. The van der Waals surface area contributed by atoms with Gasteiger partial charge in [-0.25, -0.2) is 9.97 Å². The topological polar surface area (TPSA) is 167 Å². The third-order valence-corrected chi connectivity index (χ3v) is 7.95. The van der Waals surface area contributed by atoms with Gasteiger partial charge in [0.05, 0.1) is 17.7 Å². The molecule has 11 nitrogen and oxygen atoms in total. The normalized spacial score (nSPS) is 23.3. The summed E-state index contributed by atoms with van der Waals surface area (Å²) in [4.78, 5) is 21.7. The number of ketones is 1. The van der Waals surface area contributed by atoms with Gasteiger partial charge in [-0.05, 0) is 60.2 Å². The summed E-state index contributed by atoms with van der Waals surface area (Å²) in [6, 6.07) is 6.70. The molecule has 3 heterocycles. The fourth-order valence-electron chi connectivity index (χ4n) is 5.08. The Hall–Kier alpha value is -2.58. The van der Waals surface area contributed by atoms with Crippen molar-refractivity contribution in [3.63, 3.8) is 0 Å². The number of hydrogen-bond acceptors (Lipinski definition) is 9. The number of carbonyl (C=O) groups excluding carboxylic acids is 1. The molecule has 0 radical (unpaired) electrons. The van der Waals surface area contributed by atoms with Crippen LogP contribution in [-0.2, 0) is 16.7 Å². The highest BCUT2D eigenvalue weighted by atomic mass is 35.5. The summed E-state index contributed by atoms with van der Waals surface area (Å²) in [7, 11) is -4.37. The van der Waals surface area contributed by atoms with Crippen LogP contribution in [0.15, 0.2) is 41.2 Å². The second-order valence-electron chi connectivity index (χ2n) is 9.40. The fraction of sp³-hybridized carbons (Fsp3) is 0.375. The van der Waals surface area contributed by atoms with Gasteiger partial charge in [0, 0.05) is 41.8 Å². The summed E-state index contributed by atoms with van der Waals surface area (Å²) < 4.78 is 38.6. The van der Waals surface area contributed by atoms with Crippen LogP contribution in [0.5, 0.6) is 0 Å². The molecule has 2 aromatic heterocycles. The molecule has 2 aliphatic rings. The minimum Gasteiger partial charge on any atom is -0.441 e. The van der Waals surface area contributed by atoms with E-state index in [2.05, 4.69) is 20.6 Å². The Kier molecular flexibility index (Phi) is 7.74. The molecule has 0 saturated heterocycles. The van der Waals surface area contributed by atoms with Gasteiger partial charge >= 0.3 is 10.3 Å². The van der Waals surface area contributed by atoms with E-state index in [1.54, 1.807) is 6.07 Å². The molecule has 1 aliphatic carbocycles. The first-order valence-electron chi connectivity index (χ1n) is 11.9. The molecule has 3 aromatic rings. The molecule has 1 aromatic carbocycles. The number of carbonyl (C=O) groups is 1. The first-order chi connectivity index (χ1) is 18.1. The Morgan fingerprint density at radius 2 is 2.03 bits per heavy atom. The minimum absolute atomic E-state index is 0.0143. The van der Waals surface area contributed by atoms with Crippen LogP contribution >= 0.6 is 23.2 Å². The summed E-state index contributed by atoms with van der Waals surface area (Å²) >= 11 is 12.7. The summed E-state index contributed by atoms with van der Waals surface area (Å²) in [5, 5.41) is 17.6. The predicted octanol–water partition coefficient (Wildman–Crippen LogP) is 2.79. The maximum Gasteiger partial charge on any atom is 0.333 e. The van der Waals surface area contributed by atoms with Gasteiger partial charge in [-0.2, -0.15) is 13.1 Å². The van der Waals surface area contributed by atoms with E-state index in [0.717, 1.165) is 24.1 Å². The molecule has 14 heteroatoms. The Morgan fingerprint density at radius 1 is 1.21 bits per heavy atom. The van der Waals surface area contributed by atoms with Gasteiger partial charge in [-0.1, -0.05) is 17.7 Å². The SMILES string of the molecule is O=C(c1cc([C@H]2NCCc3ccc(Cl)cc32)c(Cl)o1)c1cncnc1N[C@@H]1C[C@H](CNS(=O)(=O)O)[C@@H](O)C1. The molecule has 1 fully saturated rings. The third-order valence-electron chi connectivity index (χ3n) is 6.89. The van der Waals surface area contributed by atoms with Gasteiger partial charge in [0.1, 0.15) is 12.1 Å². The number of rotatable bonds is 8. The lowest BCUT2D eigenvalue weighted by Gasteiger charge is -2.26. The first-order valence-corrected chi connectivity index (χ1v) is 14.1. The van der Waals surface area contributed by atoms with Crippen molar-refractivity contribution in [2.24, 2.45) is 5.92 Å². The highest BCUT2D eigenvalue weighted by Crippen LogP contribution is 2.37. The molecule has 1 saturated carbocycles. The average molecular weight is 582 g/mol. The maximum atomic E-state index is 13.5. The van der Waals surface area contributed by atoms with Crippen LogP contribution in [0.2, 0.25) is 10.2 Å². The molecule has 4 atom stereocenters. The van der Waals surface area contributed by atoms with E-state index in [9.17, 15) is 18.3 Å². The summed E-state index contributed by atoms with van der Waals surface area (Å²) in [6.07, 6.45) is 3.35. The van der Waals surface area contributed by atoms with E-state index in [4.69, 9.17) is 32.2 Å². The molecule has 202 valence electrons. The first kappa shape index (κ1) is 27.0. The minimum atomic E-state index is -4.37. The van der Waals surface area contributed by atoms with Crippen LogP contribution < -0.4 is 15.4 Å².